The minimum atomic E-state index is -0.178. The number of amides is 1. The maximum Gasteiger partial charge on any atom is 0.261 e. The third kappa shape index (κ3) is 9.25. The van der Waals surface area contributed by atoms with Gasteiger partial charge < -0.3 is 40.2 Å². The molecule has 4 N–H and O–H groups in total. The van der Waals surface area contributed by atoms with Gasteiger partial charge in [-0.3, -0.25) is 4.79 Å². The SMILES string of the molecule is COc1cc(OCC(=O)N2C(C)(C)CCCC2(C)C)ccc1-c1cccc(N)n1.COc1cc(OCC2CCCN2C)ccc1-c1cccc(N)n1. The van der Waals surface area contributed by atoms with Crippen LogP contribution in [-0.4, -0.2) is 83.8 Å². The normalized spacial score (nSPS) is 17.8. The summed E-state index contributed by atoms with van der Waals surface area (Å²) in [7, 11) is 5.40. The Labute approximate surface area is 308 Å². The molecule has 2 fully saturated rings. The third-order valence-corrected chi connectivity index (χ3v) is 9.95. The second-order valence-electron chi connectivity index (χ2n) is 14.7. The van der Waals surface area contributed by atoms with Crippen LogP contribution in [0, 0.1) is 0 Å². The number of carbonyl (C=O) groups excluding carboxylic acids is 1. The van der Waals surface area contributed by atoms with E-state index in [1.165, 1.54) is 12.8 Å². The molecular formula is C41H54N6O5. The predicted molar refractivity (Wildman–Crippen MR) is 207 cm³/mol. The highest BCUT2D eigenvalue weighted by Crippen LogP contribution is 2.39. The summed E-state index contributed by atoms with van der Waals surface area (Å²) in [5.74, 6) is 3.69. The fraction of sp³-hybridized carbons (Fsp3) is 0.439. The fourth-order valence-electron chi connectivity index (χ4n) is 7.41. The number of aromatic nitrogens is 2. The first-order chi connectivity index (χ1) is 24.8. The van der Waals surface area contributed by atoms with E-state index in [1.807, 2.05) is 59.5 Å². The van der Waals surface area contributed by atoms with E-state index in [0.29, 0.717) is 35.8 Å². The first-order valence-corrected chi connectivity index (χ1v) is 17.9. The Morgan fingerprint density at radius 2 is 1.29 bits per heavy atom. The van der Waals surface area contributed by atoms with Gasteiger partial charge in [-0.2, -0.15) is 0 Å². The molecule has 4 aromatic rings. The Hall–Kier alpha value is -5.03. The first kappa shape index (κ1) is 38.2. The van der Waals surface area contributed by atoms with Crippen molar-refractivity contribution < 1.29 is 23.7 Å². The number of benzene rings is 2. The second-order valence-corrected chi connectivity index (χ2v) is 14.7. The smallest absolute Gasteiger partial charge is 0.261 e. The number of nitrogen functional groups attached to an aromatic ring is 2. The van der Waals surface area contributed by atoms with Gasteiger partial charge >= 0.3 is 0 Å². The van der Waals surface area contributed by atoms with Crippen molar-refractivity contribution in [1.82, 2.24) is 19.8 Å². The molecule has 0 saturated carbocycles. The Bertz CT molecular complexity index is 1810. The molecule has 2 aliphatic heterocycles. The van der Waals surface area contributed by atoms with Crippen molar-refractivity contribution in [2.24, 2.45) is 0 Å². The topological polar surface area (TPSA) is 138 Å². The zero-order valence-electron chi connectivity index (χ0n) is 31.6. The lowest BCUT2D eigenvalue weighted by Crippen LogP contribution is -2.61. The van der Waals surface area contributed by atoms with Crippen molar-refractivity contribution in [1.29, 1.82) is 0 Å². The maximum atomic E-state index is 13.0. The van der Waals surface area contributed by atoms with Gasteiger partial charge in [0.05, 0.1) is 25.6 Å². The average Bonchev–Trinajstić information content (AvgIpc) is 3.53. The summed E-state index contributed by atoms with van der Waals surface area (Å²) in [6.07, 6.45) is 5.56. The van der Waals surface area contributed by atoms with Crippen molar-refractivity contribution in [3.63, 3.8) is 0 Å². The van der Waals surface area contributed by atoms with Gasteiger partial charge in [0.25, 0.3) is 5.91 Å². The van der Waals surface area contributed by atoms with Crippen LogP contribution in [0.5, 0.6) is 23.0 Å². The van der Waals surface area contributed by atoms with Crippen LogP contribution in [0.4, 0.5) is 11.6 Å². The van der Waals surface area contributed by atoms with Crippen molar-refractivity contribution in [2.45, 2.75) is 76.9 Å². The fourth-order valence-corrected chi connectivity index (χ4v) is 7.41. The van der Waals surface area contributed by atoms with Crippen LogP contribution in [0.2, 0.25) is 0 Å². The zero-order chi connectivity index (χ0) is 37.5. The summed E-state index contributed by atoms with van der Waals surface area (Å²) in [4.78, 5) is 26.1. The van der Waals surface area contributed by atoms with Crippen LogP contribution in [0.1, 0.15) is 59.8 Å². The van der Waals surface area contributed by atoms with E-state index in [2.05, 4.69) is 49.6 Å². The number of piperidine rings is 1. The number of anilines is 2. The summed E-state index contributed by atoms with van der Waals surface area (Å²) in [5.41, 5.74) is 14.4. The molecule has 1 atom stereocenters. The number of rotatable bonds is 10. The van der Waals surface area contributed by atoms with Gasteiger partial charge in [0.15, 0.2) is 6.61 Å². The third-order valence-electron chi connectivity index (χ3n) is 9.95. The van der Waals surface area contributed by atoms with Crippen LogP contribution >= 0.6 is 0 Å². The highest BCUT2D eigenvalue weighted by Gasteiger charge is 2.44. The predicted octanol–water partition coefficient (Wildman–Crippen LogP) is 7.10. The number of hydrogen-bond acceptors (Lipinski definition) is 10. The van der Waals surface area contributed by atoms with Crippen LogP contribution in [-0.2, 0) is 4.79 Å². The second kappa shape index (κ2) is 16.5. The lowest BCUT2D eigenvalue weighted by Gasteiger charge is -2.52. The van der Waals surface area contributed by atoms with Gasteiger partial charge in [-0.1, -0.05) is 12.1 Å². The van der Waals surface area contributed by atoms with Crippen molar-refractivity contribution in [3.8, 4) is 45.5 Å². The van der Waals surface area contributed by atoms with Gasteiger partial charge in [0.2, 0.25) is 0 Å². The van der Waals surface area contributed by atoms with Gasteiger partial charge in [0.1, 0.15) is 41.2 Å². The van der Waals surface area contributed by atoms with E-state index in [-0.39, 0.29) is 23.6 Å². The standard InChI is InChI=1S/C23H31N3O3.C18H23N3O2/c1-22(2)12-7-13-23(3,4)26(22)21(27)15-29-16-10-11-17(19(14-16)28-5)18-8-6-9-20(24)25-18;1-21-10-4-5-13(21)12-23-14-8-9-15(17(11-14)22-2)16-6-3-7-18(19)20-16/h6,8-11,14H,7,12-13,15H2,1-5H3,(H2,24,25);3,6-9,11,13H,4-5,10,12H2,1-2H3,(H2,19,20). The molecule has 2 aromatic carbocycles. The van der Waals surface area contributed by atoms with Crippen LogP contribution in [0.15, 0.2) is 72.8 Å². The molecule has 278 valence electrons. The first-order valence-electron chi connectivity index (χ1n) is 17.9. The highest BCUT2D eigenvalue weighted by atomic mass is 16.5. The van der Waals surface area contributed by atoms with Gasteiger partial charge in [0, 0.05) is 40.4 Å². The van der Waals surface area contributed by atoms with E-state index in [4.69, 9.17) is 30.4 Å². The van der Waals surface area contributed by atoms with E-state index < -0.39 is 0 Å². The van der Waals surface area contributed by atoms with E-state index in [1.54, 1.807) is 32.4 Å². The molecule has 2 aromatic heterocycles. The lowest BCUT2D eigenvalue weighted by molar-refractivity contribution is -0.151. The molecule has 0 radical (unpaired) electrons. The number of pyridine rings is 2. The molecular weight excluding hydrogens is 656 g/mol. The largest absolute Gasteiger partial charge is 0.496 e. The highest BCUT2D eigenvalue weighted by molar-refractivity contribution is 5.80. The Balaban J connectivity index is 0.000000206. The van der Waals surface area contributed by atoms with Crippen LogP contribution in [0.3, 0.4) is 0 Å². The number of hydrogen-bond donors (Lipinski definition) is 2. The monoisotopic (exact) mass is 710 g/mol. The Kier molecular flexibility index (Phi) is 12.2. The maximum absolute atomic E-state index is 13.0. The molecule has 4 heterocycles. The van der Waals surface area contributed by atoms with Gasteiger partial charge in [-0.15, -0.1) is 0 Å². The number of ether oxygens (including phenoxy) is 4. The number of methoxy groups -OCH3 is 2. The Morgan fingerprint density at radius 3 is 1.75 bits per heavy atom. The number of likely N-dealkylation sites (N-methyl/N-ethyl adjacent to an activating group) is 1. The minimum Gasteiger partial charge on any atom is -0.496 e. The summed E-state index contributed by atoms with van der Waals surface area (Å²) < 4.78 is 22.8. The molecule has 11 nitrogen and oxygen atoms in total. The van der Waals surface area contributed by atoms with Gasteiger partial charge in [-0.05, 0) is 122 Å². The molecule has 1 unspecified atom stereocenters. The molecule has 52 heavy (non-hydrogen) atoms. The molecule has 6 rings (SSSR count). The van der Waals surface area contributed by atoms with E-state index in [0.717, 1.165) is 59.8 Å². The molecule has 0 spiro atoms. The molecule has 11 heteroatoms. The van der Waals surface area contributed by atoms with E-state index in [9.17, 15) is 4.79 Å². The van der Waals surface area contributed by atoms with E-state index >= 15 is 0 Å². The Morgan fingerprint density at radius 1 is 0.769 bits per heavy atom. The van der Waals surface area contributed by atoms with Crippen molar-refractivity contribution in [2.75, 3.05) is 52.5 Å². The number of nitrogens with zero attached hydrogens (tertiary/aromatic N) is 4. The average molecular weight is 711 g/mol. The summed E-state index contributed by atoms with van der Waals surface area (Å²) >= 11 is 0. The van der Waals surface area contributed by atoms with Crippen LogP contribution in [0.25, 0.3) is 22.5 Å². The molecule has 1 amide bonds. The summed E-state index contributed by atoms with van der Waals surface area (Å²) in [6, 6.07) is 22.8. The molecule has 2 saturated heterocycles. The molecule has 2 aliphatic rings. The lowest BCUT2D eigenvalue weighted by atomic mass is 9.80. The summed E-state index contributed by atoms with van der Waals surface area (Å²) in [6.45, 7) is 10.4. The number of carbonyl (C=O) groups is 1. The molecule has 0 aliphatic carbocycles. The van der Waals surface area contributed by atoms with Crippen molar-refractivity contribution >= 4 is 17.5 Å². The summed E-state index contributed by atoms with van der Waals surface area (Å²) in [5, 5.41) is 0. The minimum absolute atomic E-state index is 0.000225. The quantitative estimate of drug-likeness (QED) is 0.175. The molecule has 0 bridgehead atoms. The number of nitrogens with two attached hydrogens (primary N) is 2. The zero-order valence-corrected chi connectivity index (χ0v) is 31.6. The van der Waals surface area contributed by atoms with Crippen LogP contribution < -0.4 is 30.4 Å². The number of likely N-dealkylation sites (tertiary alicyclic amines) is 2. The van der Waals surface area contributed by atoms with Gasteiger partial charge in [-0.25, -0.2) is 9.97 Å². The van der Waals surface area contributed by atoms with Crippen molar-refractivity contribution in [3.05, 3.63) is 72.8 Å².